The van der Waals surface area contributed by atoms with Crippen LogP contribution in [0.4, 0.5) is 0 Å². The molecule has 3 aliphatic rings. The van der Waals surface area contributed by atoms with Crippen molar-refractivity contribution in [1.82, 2.24) is 14.9 Å². The molecule has 1 atom stereocenters. The van der Waals surface area contributed by atoms with Crippen LogP contribution in [0, 0.1) is 0 Å². The highest BCUT2D eigenvalue weighted by Gasteiger charge is 2.51. The Morgan fingerprint density at radius 1 is 1.02 bits per heavy atom. The molecule has 12 heteroatoms. The number of carbonyl (C=O) groups is 2. The van der Waals surface area contributed by atoms with Gasteiger partial charge in [0.1, 0.15) is 12.4 Å². The number of nitrogens with one attached hydrogen (secondary N) is 1. The molecule has 5 heterocycles. The van der Waals surface area contributed by atoms with Crippen molar-refractivity contribution < 1.29 is 33.5 Å². The second-order valence-corrected chi connectivity index (χ2v) is 14.0. The summed E-state index contributed by atoms with van der Waals surface area (Å²) in [7, 11) is -0.429. The summed E-state index contributed by atoms with van der Waals surface area (Å²) < 4.78 is 24.8. The van der Waals surface area contributed by atoms with Gasteiger partial charge in [0.2, 0.25) is 0 Å². The first-order valence-corrected chi connectivity index (χ1v) is 16.7. The molecular formula is C37H40BN3O8. The smallest absolute Gasteiger partial charge is 0.458 e. The van der Waals surface area contributed by atoms with Crippen molar-refractivity contribution in [3.05, 3.63) is 86.7 Å². The van der Waals surface area contributed by atoms with E-state index in [2.05, 4.69) is 5.32 Å². The molecule has 1 fully saturated rings. The van der Waals surface area contributed by atoms with E-state index < -0.39 is 35.9 Å². The molecule has 0 unspecified atom stereocenters. The normalized spacial score (nSPS) is 20.1. The molecular weight excluding hydrogens is 625 g/mol. The summed E-state index contributed by atoms with van der Waals surface area (Å²) in [6.07, 6.45) is 0.726. The number of fused-ring (bicyclic) bond motifs is 5. The fourth-order valence-corrected chi connectivity index (χ4v) is 6.86. The third-order valence-electron chi connectivity index (χ3n) is 10.5. The van der Waals surface area contributed by atoms with Gasteiger partial charge in [-0.05, 0) is 81.4 Å². The van der Waals surface area contributed by atoms with Gasteiger partial charge in [-0.1, -0.05) is 38.1 Å². The maximum absolute atomic E-state index is 13.6. The monoisotopic (exact) mass is 665 g/mol. The number of aryl methyl sites for hydroxylation is 1. The maximum Gasteiger partial charge on any atom is 0.494 e. The Morgan fingerprint density at radius 3 is 2.41 bits per heavy atom. The fraction of sp³-hybridized carbons (Fsp3) is 0.405. The van der Waals surface area contributed by atoms with Crippen LogP contribution >= 0.6 is 0 Å². The van der Waals surface area contributed by atoms with E-state index in [0.717, 1.165) is 27.5 Å². The van der Waals surface area contributed by atoms with Crippen LogP contribution in [0.25, 0.3) is 22.3 Å². The number of aromatic nitrogens is 2. The lowest BCUT2D eigenvalue weighted by Crippen LogP contribution is -2.44. The van der Waals surface area contributed by atoms with E-state index in [1.54, 1.807) is 29.7 Å². The van der Waals surface area contributed by atoms with Crippen LogP contribution in [0.2, 0.25) is 0 Å². The van der Waals surface area contributed by atoms with Crippen LogP contribution in [0.5, 0.6) is 5.75 Å². The molecule has 0 bridgehead atoms. The van der Waals surface area contributed by atoms with E-state index in [1.807, 2.05) is 65.0 Å². The van der Waals surface area contributed by atoms with E-state index in [0.29, 0.717) is 42.2 Å². The van der Waals surface area contributed by atoms with Gasteiger partial charge in [0.05, 0.1) is 46.8 Å². The van der Waals surface area contributed by atoms with Crippen LogP contribution in [0.15, 0.2) is 53.3 Å². The van der Waals surface area contributed by atoms with Gasteiger partial charge in [-0.25, -0.2) is 9.78 Å². The Labute approximate surface area is 284 Å². The zero-order valence-electron chi connectivity index (χ0n) is 28.6. The second kappa shape index (κ2) is 11.9. The molecule has 7 rings (SSSR count). The molecule has 0 aliphatic carbocycles. The van der Waals surface area contributed by atoms with Crippen molar-refractivity contribution in [3.63, 3.8) is 0 Å². The Kier molecular flexibility index (Phi) is 8.06. The molecule has 3 aliphatic heterocycles. The molecule has 0 saturated carbocycles. The Hall–Kier alpha value is -4.36. The van der Waals surface area contributed by atoms with Gasteiger partial charge in [0.15, 0.2) is 5.60 Å². The number of cyclic esters (lactones) is 1. The van der Waals surface area contributed by atoms with Crippen molar-refractivity contribution in [2.45, 2.75) is 90.9 Å². The molecule has 4 aromatic rings. The average molecular weight is 666 g/mol. The molecule has 254 valence electrons. The highest BCUT2D eigenvalue weighted by atomic mass is 16.7. The van der Waals surface area contributed by atoms with E-state index in [-0.39, 0.29) is 36.3 Å². The van der Waals surface area contributed by atoms with Crippen molar-refractivity contribution in [1.29, 1.82) is 0 Å². The van der Waals surface area contributed by atoms with Crippen molar-refractivity contribution in [2.75, 3.05) is 6.54 Å². The molecule has 2 aromatic carbocycles. The highest BCUT2D eigenvalue weighted by Crippen LogP contribution is 2.41. The van der Waals surface area contributed by atoms with Crippen molar-refractivity contribution in [2.24, 2.45) is 0 Å². The largest absolute Gasteiger partial charge is 0.494 e. The lowest BCUT2D eigenvalue weighted by Gasteiger charge is -2.32. The molecule has 2 N–H and O–H groups in total. The standard InChI is InChI=1S/C37H40BN3O8/c1-7-24-25-15-23(47-31(42)18-39-17-21-9-11-22(12-10-21)38-48-35(3,4)36(5,6)49-38)13-14-29(25)40-32-26(24)19-41-30(32)16-28-27(33(41)43)20-46-34(44)37(28,45)8-2/h9-16,39,45H,7-8,17-20H2,1-6H3/t37-/m0/s1. The van der Waals surface area contributed by atoms with E-state index in [1.165, 1.54) is 0 Å². The van der Waals surface area contributed by atoms with Gasteiger partial charge in [-0.3, -0.25) is 9.59 Å². The molecule has 11 nitrogen and oxygen atoms in total. The predicted molar refractivity (Wildman–Crippen MR) is 183 cm³/mol. The molecule has 0 amide bonds. The van der Waals surface area contributed by atoms with Crippen LogP contribution < -0.4 is 21.1 Å². The number of benzene rings is 2. The van der Waals surface area contributed by atoms with E-state index in [4.69, 9.17) is 23.8 Å². The first-order chi connectivity index (χ1) is 23.3. The number of aliphatic hydroxyl groups is 1. The summed E-state index contributed by atoms with van der Waals surface area (Å²) in [5.41, 5.74) is 3.25. The van der Waals surface area contributed by atoms with Crippen LogP contribution in [0.1, 0.15) is 75.8 Å². The van der Waals surface area contributed by atoms with Gasteiger partial charge in [-0.15, -0.1) is 0 Å². The lowest BCUT2D eigenvalue weighted by molar-refractivity contribution is -0.172. The minimum atomic E-state index is -1.89. The zero-order valence-corrected chi connectivity index (χ0v) is 28.6. The number of esters is 2. The number of hydrogen-bond acceptors (Lipinski definition) is 10. The Balaban J connectivity index is 1.05. The predicted octanol–water partition coefficient (Wildman–Crippen LogP) is 3.64. The van der Waals surface area contributed by atoms with Gasteiger partial charge >= 0.3 is 19.1 Å². The summed E-state index contributed by atoms with van der Waals surface area (Å²) in [5, 5.41) is 15.2. The summed E-state index contributed by atoms with van der Waals surface area (Å²) >= 11 is 0. The first-order valence-electron chi connectivity index (χ1n) is 16.7. The van der Waals surface area contributed by atoms with Crippen LogP contribution in [0.3, 0.4) is 0 Å². The minimum absolute atomic E-state index is 0.0132. The third-order valence-corrected chi connectivity index (χ3v) is 10.5. The number of pyridine rings is 2. The summed E-state index contributed by atoms with van der Waals surface area (Å²) in [6.45, 7) is 12.4. The number of ether oxygens (including phenoxy) is 2. The first kappa shape index (κ1) is 33.2. The Morgan fingerprint density at radius 2 is 1.73 bits per heavy atom. The van der Waals surface area contributed by atoms with Gasteiger partial charge in [0, 0.05) is 23.1 Å². The SMILES string of the molecule is CCc1c2c(nc3ccc(OC(=O)CNCc4ccc(B5OC(C)(C)C(C)(C)O5)cc4)cc13)-c1cc3c(c(=O)n1C2)COC(=O)[C@]3(O)CC. The minimum Gasteiger partial charge on any atom is -0.458 e. The fourth-order valence-electron chi connectivity index (χ4n) is 6.86. The maximum atomic E-state index is 13.6. The van der Waals surface area contributed by atoms with Crippen molar-refractivity contribution in [3.8, 4) is 17.1 Å². The van der Waals surface area contributed by atoms with Crippen molar-refractivity contribution >= 4 is 35.4 Å². The molecule has 2 aromatic heterocycles. The second-order valence-electron chi connectivity index (χ2n) is 14.0. The molecule has 1 saturated heterocycles. The number of rotatable bonds is 8. The molecule has 49 heavy (non-hydrogen) atoms. The summed E-state index contributed by atoms with van der Waals surface area (Å²) in [4.78, 5) is 43.8. The summed E-state index contributed by atoms with van der Waals surface area (Å²) in [6, 6.07) is 14.9. The van der Waals surface area contributed by atoms with Gasteiger partial charge in [-0.2, -0.15) is 0 Å². The number of hydrogen-bond donors (Lipinski definition) is 2. The topological polar surface area (TPSA) is 138 Å². The zero-order chi connectivity index (χ0) is 34.9. The number of nitrogens with zero attached hydrogens (tertiary/aromatic N) is 2. The Bertz CT molecular complexity index is 2060. The molecule has 0 spiro atoms. The van der Waals surface area contributed by atoms with E-state index in [9.17, 15) is 19.5 Å². The number of carbonyl (C=O) groups excluding carboxylic acids is 2. The quantitative estimate of drug-likeness (QED) is 0.144. The van der Waals surface area contributed by atoms with Crippen LogP contribution in [-0.2, 0) is 55.4 Å². The highest BCUT2D eigenvalue weighted by molar-refractivity contribution is 6.62. The van der Waals surface area contributed by atoms with Crippen LogP contribution in [-0.4, -0.2) is 51.5 Å². The van der Waals surface area contributed by atoms with Gasteiger partial charge < -0.3 is 33.8 Å². The van der Waals surface area contributed by atoms with E-state index >= 15 is 0 Å². The average Bonchev–Trinajstić information content (AvgIpc) is 3.54. The lowest BCUT2D eigenvalue weighted by atomic mass is 9.79. The van der Waals surface area contributed by atoms with Gasteiger partial charge in [0.25, 0.3) is 5.56 Å². The molecule has 0 radical (unpaired) electrons. The third kappa shape index (κ3) is 5.47. The summed E-state index contributed by atoms with van der Waals surface area (Å²) in [5.74, 6) is -0.782.